The Bertz CT molecular complexity index is 787. The molecule has 28 heavy (non-hydrogen) atoms. The van der Waals surface area contributed by atoms with Crippen molar-refractivity contribution >= 4 is 11.9 Å². The molecule has 1 saturated heterocycles. The zero-order chi connectivity index (χ0) is 20.9. The molecule has 2 aliphatic rings. The Morgan fingerprint density at radius 3 is 2.46 bits per heavy atom. The molecule has 2 fully saturated rings. The molecule has 0 N–H and O–H groups in total. The molecule has 0 radical (unpaired) electrons. The lowest BCUT2D eigenvalue weighted by Gasteiger charge is -2.30. The monoisotopic (exact) mass is 403 g/mol. The van der Waals surface area contributed by atoms with Crippen LogP contribution in [0.25, 0.3) is 0 Å². The molecule has 0 bridgehead atoms. The third kappa shape index (κ3) is 4.56. The average molecular weight is 403 g/mol. The molecular formula is C19H21F4NO4. The quantitative estimate of drug-likeness (QED) is 0.706. The van der Waals surface area contributed by atoms with E-state index < -0.39 is 47.9 Å². The summed E-state index contributed by atoms with van der Waals surface area (Å²) in [6, 6.07) is 2.40. The number of alkyl halides is 3. The van der Waals surface area contributed by atoms with Gasteiger partial charge in [0, 0.05) is 12.5 Å². The predicted octanol–water partition coefficient (Wildman–Crippen LogP) is 4.23. The van der Waals surface area contributed by atoms with Crippen molar-refractivity contribution in [1.82, 2.24) is 4.90 Å². The Morgan fingerprint density at radius 1 is 1.18 bits per heavy atom. The topological polar surface area (TPSA) is 55.8 Å². The summed E-state index contributed by atoms with van der Waals surface area (Å²) in [4.78, 5) is 26.6. The van der Waals surface area contributed by atoms with Gasteiger partial charge in [0.05, 0.1) is 6.04 Å². The number of fused-ring (bicyclic) bond motifs is 1. The van der Waals surface area contributed by atoms with Crippen LogP contribution in [0, 0.1) is 11.7 Å². The highest BCUT2D eigenvalue weighted by molar-refractivity contribution is 5.90. The van der Waals surface area contributed by atoms with Gasteiger partial charge in [-0.25, -0.2) is 9.18 Å². The van der Waals surface area contributed by atoms with Gasteiger partial charge in [-0.2, -0.15) is 0 Å². The number of hydrogen-bond acceptors (Lipinski definition) is 4. The van der Waals surface area contributed by atoms with Crippen LogP contribution in [0.3, 0.4) is 0 Å². The zero-order valence-corrected chi connectivity index (χ0v) is 15.7. The molecule has 3 atom stereocenters. The van der Waals surface area contributed by atoms with Gasteiger partial charge in [0.2, 0.25) is 0 Å². The smallest absolute Gasteiger partial charge is 0.444 e. The standard InChI is InChI=1S/C19H21F4NO4/c1-18(2,3)28-17(26)24-12-7-11(12)8-13(24)14(25)9-10-5-4-6-15(16(10)20)27-19(21,22)23/h4-6,11-13H,7-9H2,1-3H3/t11-,12-,13+/m1/s1. The van der Waals surface area contributed by atoms with Crippen LogP contribution in [-0.2, 0) is 16.0 Å². The molecule has 1 aromatic rings. The molecule has 5 nitrogen and oxygen atoms in total. The number of nitrogens with zero attached hydrogens (tertiary/aromatic N) is 1. The molecule has 1 aliphatic carbocycles. The van der Waals surface area contributed by atoms with Gasteiger partial charge in [-0.3, -0.25) is 9.69 Å². The van der Waals surface area contributed by atoms with Gasteiger partial charge in [-0.05, 0) is 51.2 Å². The third-order valence-electron chi connectivity index (χ3n) is 4.71. The van der Waals surface area contributed by atoms with Crippen LogP contribution >= 0.6 is 0 Å². The van der Waals surface area contributed by atoms with Crippen LogP contribution in [0.15, 0.2) is 18.2 Å². The van der Waals surface area contributed by atoms with Crippen molar-refractivity contribution in [3.63, 3.8) is 0 Å². The molecule has 1 heterocycles. The second-order valence-corrected chi connectivity index (χ2v) is 8.12. The lowest BCUT2D eigenvalue weighted by Crippen LogP contribution is -2.46. The first-order valence-electron chi connectivity index (χ1n) is 8.93. The van der Waals surface area contributed by atoms with Crippen LogP contribution in [0.5, 0.6) is 5.75 Å². The highest BCUT2D eigenvalue weighted by atomic mass is 19.4. The molecular weight excluding hydrogens is 382 g/mol. The molecule has 1 saturated carbocycles. The number of ketones is 1. The van der Waals surface area contributed by atoms with Crippen LogP contribution in [0.1, 0.15) is 39.2 Å². The summed E-state index contributed by atoms with van der Waals surface area (Å²) in [5, 5.41) is 0. The van der Waals surface area contributed by atoms with E-state index in [2.05, 4.69) is 4.74 Å². The number of carbonyl (C=O) groups is 2. The molecule has 0 unspecified atom stereocenters. The fourth-order valence-corrected chi connectivity index (χ4v) is 3.52. The van der Waals surface area contributed by atoms with Crippen molar-refractivity contribution in [2.24, 2.45) is 5.92 Å². The molecule has 1 amide bonds. The van der Waals surface area contributed by atoms with Crippen LogP contribution < -0.4 is 4.74 Å². The summed E-state index contributed by atoms with van der Waals surface area (Å²) < 4.78 is 60.5. The number of amides is 1. The first kappa shape index (κ1) is 20.4. The second-order valence-electron chi connectivity index (χ2n) is 8.12. The van der Waals surface area contributed by atoms with E-state index in [-0.39, 0.29) is 17.5 Å². The molecule has 154 valence electrons. The number of rotatable bonds is 4. The minimum atomic E-state index is -5.04. The Hall–Kier alpha value is -2.32. The van der Waals surface area contributed by atoms with Crippen molar-refractivity contribution in [1.29, 1.82) is 0 Å². The van der Waals surface area contributed by atoms with Crippen molar-refractivity contribution in [2.75, 3.05) is 0 Å². The summed E-state index contributed by atoms with van der Waals surface area (Å²) in [5.41, 5.74) is -0.941. The van der Waals surface area contributed by atoms with E-state index in [0.29, 0.717) is 6.42 Å². The normalized spacial score (nSPS) is 24.0. The minimum absolute atomic E-state index is 0.0754. The van der Waals surface area contributed by atoms with E-state index in [9.17, 15) is 27.2 Å². The maximum Gasteiger partial charge on any atom is 0.573 e. The van der Waals surface area contributed by atoms with E-state index in [0.717, 1.165) is 12.5 Å². The molecule has 1 aliphatic heterocycles. The number of carbonyl (C=O) groups excluding carboxylic acids is 2. The number of ether oxygens (including phenoxy) is 2. The summed E-state index contributed by atoms with van der Waals surface area (Å²) in [5.74, 6) is -2.47. The summed E-state index contributed by atoms with van der Waals surface area (Å²) in [6.45, 7) is 5.14. The van der Waals surface area contributed by atoms with E-state index in [1.165, 1.54) is 17.0 Å². The van der Waals surface area contributed by atoms with Crippen molar-refractivity contribution in [3.8, 4) is 5.75 Å². The second kappa shape index (κ2) is 6.93. The lowest BCUT2D eigenvalue weighted by atomic mass is 10.00. The number of piperidine rings is 1. The largest absolute Gasteiger partial charge is 0.573 e. The Kier molecular flexibility index (Phi) is 5.05. The van der Waals surface area contributed by atoms with E-state index in [4.69, 9.17) is 4.74 Å². The Labute approximate surface area is 159 Å². The van der Waals surface area contributed by atoms with Gasteiger partial charge >= 0.3 is 12.5 Å². The lowest BCUT2D eigenvalue weighted by molar-refractivity contribution is -0.275. The number of likely N-dealkylation sites (tertiary alicyclic amines) is 1. The molecule has 9 heteroatoms. The summed E-state index contributed by atoms with van der Waals surface area (Å²) >= 11 is 0. The van der Waals surface area contributed by atoms with Gasteiger partial charge in [0.1, 0.15) is 5.60 Å². The Morgan fingerprint density at radius 2 is 1.86 bits per heavy atom. The number of hydrogen-bond donors (Lipinski definition) is 0. The highest BCUT2D eigenvalue weighted by Gasteiger charge is 2.56. The van der Waals surface area contributed by atoms with Gasteiger partial charge in [-0.1, -0.05) is 12.1 Å². The van der Waals surface area contributed by atoms with Crippen molar-refractivity contribution in [2.45, 2.75) is 64.1 Å². The van der Waals surface area contributed by atoms with E-state index in [1.807, 2.05) is 0 Å². The molecule has 0 aromatic heterocycles. The minimum Gasteiger partial charge on any atom is -0.444 e. The first-order chi connectivity index (χ1) is 12.9. The van der Waals surface area contributed by atoms with Crippen molar-refractivity contribution in [3.05, 3.63) is 29.6 Å². The van der Waals surface area contributed by atoms with Crippen LogP contribution in [0.4, 0.5) is 22.4 Å². The molecule has 3 rings (SSSR count). The SMILES string of the molecule is CC(C)(C)OC(=O)N1[C@@H]2C[C@@H]2C[C@H]1C(=O)Cc1cccc(OC(F)(F)F)c1F. The van der Waals surface area contributed by atoms with Gasteiger partial charge in [0.15, 0.2) is 17.3 Å². The highest BCUT2D eigenvalue weighted by Crippen LogP contribution is 2.48. The maximum atomic E-state index is 14.3. The molecule has 0 spiro atoms. The van der Waals surface area contributed by atoms with Crippen molar-refractivity contribution < 1.29 is 36.6 Å². The fourth-order valence-electron chi connectivity index (χ4n) is 3.52. The fraction of sp³-hybridized carbons (Fsp3) is 0.579. The number of Topliss-reactive ketones (excluding diaryl/α,β-unsaturated/α-hetero) is 1. The average Bonchev–Trinajstić information content (AvgIpc) is 3.18. The predicted molar refractivity (Wildman–Crippen MR) is 90.2 cm³/mol. The third-order valence-corrected chi connectivity index (χ3v) is 4.71. The van der Waals surface area contributed by atoms with Gasteiger partial charge in [0.25, 0.3) is 0 Å². The maximum absolute atomic E-state index is 14.3. The van der Waals surface area contributed by atoms with Crippen LogP contribution in [-0.4, -0.2) is 40.8 Å². The summed E-state index contributed by atoms with van der Waals surface area (Å²) in [7, 11) is 0. The number of halogens is 4. The van der Waals surface area contributed by atoms with E-state index in [1.54, 1.807) is 20.8 Å². The zero-order valence-electron chi connectivity index (χ0n) is 15.7. The van der Waals surface area contributed by atoms with Crippen LogP contribution in [0.2, 0.25) is 0 Å². The molecule has 1 aromatic carbocycles. The summed E-state index contributed by atoms with van der Waals surface area (Å²) in [6.07, 6.45) is -4.85. The number of benzene rings is 1. The van der Waals surface area contributed by atoms with Gasteiger partial charge < -0.3 is 9.47 Å². The Balaban J connectivity index is 1.74. The van der Waals surface area contributed by atoms with E-state index >= 15 is 0 Å². The first-order valence-corrected chi connectivity index (χ1v) is 8.93. The van der Waals surface area contributed by atoms with Gasteiger partial charge in [-0.15, -0.1) is 13.2 Å².